The van der Waals surface area contributed by atoms with E-state index in [-0.39, 0.29) is 18.4 Å². The molecule has 15 heavy (non-hydrogen) atoms. The molecule has 1 aliphatic heterocycles. The number of nitrogens with one attached hydrogen (secondary N) is 1. The van der Waals surface area contributed by atoms with Crippen molar-refractivity contribution in [3.63, 3.8) is 0 Å². The van der Waals surface area contributed by atoms with E-state index in [2.05, 4.69) is 10.2 Å². The third-order valence-electron chi connectivity index (χ3n) is 2.77. The lowest BCUT2D eigenvalue weighted by molar-refractivity contribution is -0.141. The summed E-state index contributed by atoms with van der Waals surface area (Å²) >= 11 is 0. The zero-order valence-electron chi connectivity index (χ0n) is 9.19. The average molecular weight is 214 g/mol. The number of carbonyl (C=O) groups is 2. The molecule has 1 rings (SSSR count). The zero-order chi connectivity index (χ0) is 11.4. The molecule has 1 aliphatic rings. The summed E-state index contributed by atoms with van der Waals surface area (Å²) in [5.41, 5.74) is 0. The molecule has 0 aromatic heterocycles. The van der Waals surface area contributed by atoms with Crippen molar-refractivity contribution < 1.29 is 14.7 Å². The highest BCUT2D eigenvalue weighted by molar-refractivity contribution is 5.80. The van der Waals surface area contributed by atoms with Gasteiger partial charge in [0.1, 0.15) is 0 Å². The Kier molecular flexibility index (Phi) is 4.08. The summed E-state index contributed by atoms with van der Waals surface area (Å²) in [6, 6.07) is 0. The van der Waals surface area contributed by atoms with Gasteiger partial charge in [0.15, 0.2) is 0 Å². The van der Waals surface area contributed by atoms with Crippen LogP contribution in [-0.4, -0.2) is 48.6 Å². The maximum absolute atomic E-state index is 11.6. The Bertz CT molecular complexity index is 255. The van der Waals surface area contributed by atoms with E-state index in [4.69, 9.17) is 5.11 Å². The fourth-order valence-electron chi connectivity index (χ4n) is 1.63. The van der Waals surface area contributed by atoms with Crippen LogP contribution < -0.4 is 5.32 Å². The van der Waals surface area contributed by atoms with Gasteiger partial charge in [-0.05, 0) is 20.0 Å². The number of carboxylic acid groups (broad SMARTS) is 1. The first-order valence-corrected chi connectivity index (χ1v) is 5.19. The number of carboxylic acids is 1. The van der Waals surface area contributed by atoms with Gasteiger partial charge in [-0.15, -0.1) is 0 Å². The third kappa shape index (κ3) is 3.51. The predicted molar refractivity (Wildman–Crippen MR) is 55.4 cm³/mol. The van der Waals surface area contributed by atoms with Gasteiger partial charge >= 0.3 is 5.97 Å². The van der Waals surface area contributed by atoms with Crippen molar-refractivity contribution in [3.05, 3.63) is 0 Å². The molecule has 0 spiro atoms. The van der Waals surface area contributed by atoms with Gasteiger partial charge < -0.3 is 15.3 Å². The van der Waals surface area contributed by atoms with Crippen LogP contribution in [0, 0.1) is 11.8 Å². The minimum Gasteiger partial charge on any atom is -0.481 e. The Labute approximate surface area is 89.4 Å². The van der Waals surface area contributed by atoms with Gasteiger partial charge in [0.2, 0.25) is 5.91 Å². The minimum absolute atomic E-state index is 0.0209. The summed E-state index contributed by atoms with van der Waals surface area (Å²) < 4.78 is 0. The monoisotopic (exact) mass is 214 g/mol. The Morgan fingerprint density at radius 2 is 2.27 bits per heavy atom. The molecule has 0 aromatic carbocycles. The fraction of sp³-hybridized carbons (Fsp3) is 0.800. The molecule has 0 aromatic rings. The lowest BCUT2D eigenvalue weighted by Gasteiger charge is -2.12. The van der Waals surface area contributed by atoms with Crippen molar-refractivity contribution in [3.8, 4) is 0 Å². The number of hydrogen-bond acceptors (Lipinski definition) is 3. The van der Waals surface area contributed by atoms with Gasteiger partial charge in [0.25, 0.3) is 0 Å². The summed E-state index contributed by atoms with van der Waals surface area (Å²) in [6.07, 6.45) is 0.865. The van der Waals surface area contributed by atoms with E-state index in [0.29, 0.717) is 0 Å². The molecule has 0 bridgehead atoms. The number of likely N-dealkylation sites (tertiary alicyclic amines) is 1. The third-order valence-corrected chi connectivity index (χ3v) is 2.77. The van der Waals surface area contributed by atoms with E-state index in [0.717, 1.165) is 19.5 Å². The quantitative estimate of drug-likeness (QED) is 0.678. The smallest absolute Gasteiger partial charge is 0.308 e. The Hall–Kier alpha value is -1.10. The number of nitrogens with zero attached hydrogens (tertiary/aromatic N) is 1. The van der Waals surface area contributed by atoms with Gasteiger partial charge in [0.05, 0.1) is 11.8 Å². The Morgan fingerprint density at radius 3 is 2.73 bits per heavy atom. The molecule has 5 nitrogen and oxygen atoms in total. The van der Waals surface area contributed by atoms with E-state index in [1.165, 1.54) is 0 Å². The molecular weight excluding hydrogens is 196 g/mol. The number of rotatable bonds is 4. The molecule has 1 fully saturated rings. The van der Waals surface area contributed by atoms with Crippen LogP contribution in [0.3, 0.4) is 0 Å². The topological polar surface area (TPSA) is 69.6 Å². The van der Waals surface area contributed by atoms with Crippen LogP contribution in [-0.2, 0) is 9.59 Å². The molecule has 1 amide bonds. The van der Waals surface area contributed by atoms with Crippen LogP contribution in [0.1, 0.15) is 13.3 Å². The molecule has 1 heterocycles. The Morgan fingerprint density at radius 1 is 1.60 bits per heavy atom. The maximum atomic E-state index is 11.6. The van der Waals surface area contributed by atoms with E-state index in [9.17, 15) is 9.59 Å². The van der Waals surface area contributed by atoms with E-state index < -0.39 is 11.9 Å². The summed E-state index contributed by atoms with van der Waals surface area (Å²) in [5.74, 6) is -1.39. The van der Waals surface area contributed by atoms with E-state index in [1.54, 1.807) is 6.92 Å². The van der Waals surface area contributed by atoms with Crippen molar-refractivity contribution in [2.45, 2.75) is 13.3 Å². The molecule has 0 aliphatic carbocycles. The first-order chi connectivity index (χ1) is 7.00. The second kappa shape index (κ2) is 5.11. The SMILES string of the molecule is CC(CNC(=O)C1CCN(C)C1)C(=O)O. The highest BCUT2D eigenvalue weighted by Crippen LogP contribution is 2.14. The van der Waals surface area contributed by atoms with Gasteiger partial charge in [0, 0.05) is 13.1 Å². The van der Waals surface area contributed by atoms with Crippen LogP contribution in [0.15, 0.2) is 0 Å². The second-order valence-electron chi connectivity index (χ2n) is 4.23. The molecule has 0 saturated carbocycles. The summed E-state index contributed by atoms with van der Waals surface area (Å²) in [5, 5.41) is 11.3. The standard InChI is InChI=1S/C10H18N2O3/c1-7(10(14)15)5-11-9(13)8-3-4-12(2)6-8/h7-8H,3-6H2,1-2H3,(H,11,13)(H,14,15). The maximum Gasteiger partial charge on any atom is 0.308 e. The molecule has 2 atom stereocenters. The van der Waals surface area contributed by atoms with Gasteiger partial charge in [-0.1, -0.05) is 6.92 Å². The Balaban J connectivity index is 2.27. The van der Waals surface area contributed by atoms with Crippen molar-refractivity contribution in [1.29, 1.82) is 0 Å². The molecule has 2 N–H and O–H groups in total. The number of hydrogen-bond donors (Lipinski definition) is 2. The highest BCUT2D eigenvalue weighted by Gasteiger charge is 2.26. The average Bonchev–Trinajstić information content (AvgIpc) is 2.60. The molecule has 86 valence electrons. The van der Waals surface area contributed by atoms with E-state index in [1.807, 2.05) is 7.05 Å². The van der Waals surface area contributed by atoms with Crippen LogP contribution >= 0.6 is 0 Å². The fourth-order valence-corrected chi connectivity index (χ4v) is 1.63. The zero-order valence-corrected chi connectivity index (χ0v) is 9.19. The predicted octanol–water partition coefficient (Wildman–Crippen LogP) is -0.225. The van der Waals surface area contributed by atoms with Crippen LogP contribution in [0.2, 0.25) is 0 Å². The lowest BCUT2D eigenvalue weighted by Crippen LogP contribution is -2.36. The normalized spacial score (nSPS) is 23.7. The number of carbonyl (C=O) groups excluding carboxylic acids is 1. The van der Waals surface area contributed by atoms with E-state index >= 15 is 0 Å². The van der Waals surface area contributed by atoms with Crippen molar-refractivity contribution in [1.82, 2.24) is 10.2 Å². The lowest BCUT2D eigenvalue weighted by atomic mass is 10.1. The molecule has 2 unspecified atom stereocenters. The number of amides is 1. The second-order valence-corrected chi connectivity index (χ2v) is 4.23. The largest absolute Gasteiger partial charge is 0.481 e. The molecular formula is C10H18N2O3. The van der Waals surface area contributed by atoms with Crippen LogP contribution in [0.5, 0.6) is 0 Å². The van der Waals surface area contributed by atoms with Gasteiger partial charge in [-0.25, -0.2) is 0 Å². The van der Waals surface area contributed by atoms with Gasteiger partial charge in [-0.2, -0.15) is 0 Å². The van der Waals surface area contributed by atoms with Gasteiger partial charge in [-0.3, -0.25) is 9.59 Å². The van der Waals surface area contributed by atoms with Crippen molar-refractivity contribution in [2.75, 3.05) is 26.7 Å². The molecule has 0 radical (unpaired) electrons. The summed E-state index contributed by atoms with van der Waals surface area (Å²) in [7, 11) is 1.98. The first-order valence-electron chi connectivity index (χ1n) is 5.19. The van der Waals surface area contributed by atoms with Crippen molar-refractivity contribution in [2.24, 2.45) is 11.8 Å². The highest BCUT2D eigenvalue weighted by atomic mass is 16.4. The summed E-state index contributed by atoms with van der Waals surface area (Å²) in [4.78, 5) is 24.2. The van der Waals surface area contributed by atoms with Crippen molar-refractivity contribution >= 4 is 11.9 Å². The minimum atomic E-state index is -0.876. The van der Waals surface area contributed by atoms with Crippen LogP contribution in [0.25, 0.3) is 0 Å². The number of aliphatic carboxylic acids is 1. The molecule has 5 heteroatoms. The first kappa shape index (κ1) is 12.0. The molecule has 1 saturated heterocycles. The summed E-state index contributed by atoms with van der Waals surface area (Å²) in [6.45, 7) is 3.51. The van der Waals surface area contributed by atoms with Crippen LogP contribution in [0.4, 0.5) is 0 Å².